The van der Waals surface area contributed by atoms with Crippen LogP contribution in [0.2, 0.25) is 0 Å². The molecular formula is C15H28O4. The lowest BCUT2D eigenvalue weighted by Gasteiger charge is -1.99. The fraction of sp³-hybridized carbons (Fsp3) is 0.733. The van der Waals surface area contributed by atoms with Crippen molar-refractivity contribution in [1.82, 2.24) is 0 Å². The van der Waals surface area contributed by atoms with Crippen LogP contribution in [-0.2, 0) is 19.9 Å². The zero-order valence-corrected chi connectivity index (χ0v) is 12.3. The van der Waals surface area contributed by atoms with E-state index >= 15 is 0 Å². The van der Waals surface area contributed by atoms with Crippen LogP contribution in [0.4, 0.5) is 0 Å². The van der Waals surface area contributed by atoms with Crippen molar-refractivity contribution in [3.63, 3.8) is 0 Å². The summed E-state index contributed by atoms with van der Waals surface area (Å²) >= 11 is 0. The number of allylic oxidation sites excluding steroid dienone is 2. The minimum Gasteiger partial charge on any atom is -0.314 e. The van der Waals surface area contributed by atoms with E-state index in [1.807, 2.05) is 6.08 Å². The Morgan fingerprint density at radius 1 is 0.737 bits per heavy atom. The smallest absolute Gasteiger partial charge is 0.129 e. The molecule has 0 unspecified atom stereocenters. The van der Waals surface area contributed by atoms with E-state index in [9.17, 15) is 0 Å². The van der Waals surface area contributed by atoms with Crippen molar-refractivity contribution in [1.29, 1.82) is 0 Å². The van der Waals surface area contributed by atoms with E-state index in [0.29, 0.717) is 0 Å². The Hall–Kier alpha value is -1.00. The molecular weight excluding hydrogens is 244 g/mol. The van der Waals surface area contributed by atoms with Gasteiger partial charge >= 0.3 is 0 Å². The molecule has 0 heterocycles. The summed E-state index contributed by atoms with van der Waals surface area (Å²) in [6.07, 6.45) is 18.0. The van der Waals surface area contributed by atoms with Crippen LogP contribution in [0.3, 0.4) is 0 Å². The van der Waals surface area contributed by atoms with Gasteiger partial charge in [-0.15, -0.1) is 0 Å². The first-order valence-electron chi connectivity index (χ1n) is 7.33. The summed E-state index contributed by atoms with van der Waals surface area (Å²) in [4.78, 5) is 9.01. The molecule has 0 bridgehead atoms. The van der Waals surface area contributed by atoms with Crippen LogP contribution in [0.25, 0.3) is 0 Å². The molecule has 0 aromatic rings. The Labute approximate surface area is 117 Å². The van der Waals surface area contributed by atoms with Crippen LogP contribution in [0.1, 0.15) is 71.6 Å². The van der Waals surface area contributed by atoms with E-state index in [0.717, 1.165) is 6.42 Å². The van der Waals surface area contributed by atoms with E-state index in [-0.39, 0.29) is 0 Å². The molecule has 0 N–H and O–H groups in total. The van der Waals surface area contributed by atoms with Crippen molar-refractivity contribution in [3.05, 3.63) is 24.7 Å². The van der Waals surface area contributed by atoms with Crippen molar-refractivity contribution in [2.45, 2.75) is 71.6 Å². The molecule has 112 valence electrons. The van der Waals surface area contributed by atoms with Crippen LogP contribution in [-0.4, -0.2) is 0 Å². The Kier molecular flexibility index (Phi) is 16.1. The van der Waals surface area contributed by atoms with E-state index in [1.165, 1.54) is 63.9 Å². The van der Waals surface area contributed by atoms with Gasteiger partial charge in [-0.25, -0.2) is 0 Å². The molecule has 0 rings (SSSR count). The average Bonchev–Trinajstić information content (AvgIpc) is 2.43. The standard InChI is InChI=1S/C15H28O4/c1-3-5-6-7-8-9-10-11-12-13-15-17-19-18-16-14-4-2/h4,13-15H,3,5-12H2,1-2H3. The second-order valence-corrected chi connectivity index (χ2v) is 4.43. The largest absolute Gasteiger partial charge is 0.314 e. The molecule has 4 heteroatoms. The number of hydrogen-bond acceptors (Lipinski definition) is 4. The third-order valence-electron chi connectivity index (χ3n) is 2.67. The van der Waals surface area contributed by atoms with Crippen molar-refractivity contribution < 1.29 is 19.9 Å². The summed E-state index contributed by atoms with van der Waals surface area (Å²) in [6.45, 7) is 4.05. The third kappa shape index (κ3) is 17.0. The fourth-order valence-corrected chi connectivity index (χ4v) is 1.64. The SMILES string of the molecule is CC=COOOOC=CCCCCCCCCCC. The lowest BCUT2D eigenvalue weighted by molar-refractivity contribution is -0.607. The van der Waals surface area contributed by atoms with Gasteiger partial charge in [0.2, 0.25) is 0 Å². The highest BCUT2D eigenvalue weighted by Gasteiger charge is 1.90. The summed E-state index contributed by atoms with van der Waals surface area (Å²) in [6, 6.07) is 0. The minimum absolute atomic E-state index is 0.994. The first-order chi connectivity index (χ1) is 9.41. The van der Waals surface area contributed by atoms with Crippen LogP contribution in [0.15, 0.2) is 24.7 Å². The average molecular weight is 272 g/mol. The van der Waals surface area contributed by atoms with E-state index in [2.05, 4.69) is 26.8 Å². The number of rotatable bonds is 14. The maximum Gasteiger partial charge on any atom is 0.129 e. The highest BCUT2D eigenvalue weighted by Crippen LogP contribution is 2.09. The first-order valence-corrected chi connectivity index (χ1v) is 7.33. The van der Waals surface area contributed by atoms with Gasteiger partial charge in [-0.05, 0) is 31.9 Å². The summed E-state index contributed by atoms with van der Waals surface area (Å²) < 4.78 is 0. The van der Waals surface area contributed by atoms with Crippen LogP contribution < -0.4 is 0 Å². The maximum atomic E-state index is 4.59. The fourth-order valence-electron chi connectivity index (χ4n) is 1.64. The first kappa shape index (κ1) is 18.0. The van der Waals surface area contributed by atoms with Gasteiger partial charge in [-0.3, -0.25) is 0 Å². The lowest BCUT2D eigenvalue weighted by Crippen LogP contribution is -1.89. The topological polar surface area (TPSA) is 36.9 Å². The van der Waals surface area contributed by atoms with E-state index < -0.39 is 0 Å². The van der Waals surface area contributed by atoms with Crippen LogP contribution in [0.5, 0.6) is 0 Å². The Morgan fingerprint density at radius 3 is 1.95 bits per heavy atom. The third-order valence-corrected chi connectivity index (χ3v) is 2.67. The van der Waals surface area contributed by atoms with Crippen LogP contribution in [0, 0.1) is 0 Å². The molecule has 0 spiro atoms. The van der Waals surface area contributed by atoms with E-state index in [4.69, 9.17) is 0 Å². The second-order valence-electron chi connectivity index (χ2n) is 4.43. The molecule has 0 saturated heterocycles. The summed E-state index contributed by atoms with van der Waals surface area (Å²) in [5.41, 5.74) is 0. The minimum atomic E-state index is 0.994. The predicted molar refractivity (Wildman–Crippen MR) is 75.5 cm³/mol. The molecule has 0 fully saturated rings. The zero-order chi connectivity index (χ0) is 14.0. The molecule has 0 aromatic heterocycles. The molecule has 0 aliphatic carbocycles. The molecule has 0 amide bonds. The Balaban J connectivity index is 3.04. The van der Waals surface area contributed by atoms with Crippen molar-refractivity contribution in [2.24, 2.45) is 0 Å². The molecule has 4 nitrogen and oxygen atoms in total. The highest BCUT2D eigenvalue weighted by molar-refractivity contribution is 4.71. The zero-order valence-electron chi connectivity index (χ0n) is 12.3. The van der Waals surface area contributed by atoms with Crippen LogP contribution >= 0.6 is 0 Å². The van der Waals surface area contributed by atoms with Gasteiger partial charge in [0.25, 0.3) is 0 Å². The summed E-state index contributed by atoms with van der Waals surface area (Å²) in [5, 5.41) is 8.46. The van der Waals surface area contributed by atoms with Gasteiger partial charge < -0.3 is 9.78 Å². The van der Waals surface area contributed by atoms with Gasteiger partial charge in [0.05, 0.1) is 0 Å². The number of unbranched alkanes of at least 4 members (excludes halogenated alkanes) is 8. The monoisotopic (exact) mass is 272 g/mol. The van der Waals surface area contributed by atoms with Gasteiger partial charge in [0.15, 0.2) is 0 Å². The van der Waals surface area contributed by atoms with Crippen molar-refractivity contribution >= 4 is 0 Å². The molecule has 19 heavy (non-hydrogen) atoms. The molecule has 0 aromatic carbocycles. The second kappa shape index (κ2) is 17.0. The summed E-state index contributed by atoms with van der Waals surface area (Å²) in [7, 11) is 0. The van der Waals surface area contributed by atoms with Gasteiger partial charge in [0.1, 0.15) is 12.5 Å². The van der Waals surface area contributed by atoms with Gasteiger partial charge in [0, 0.05) is 10.1 Å². The van der Waals surface area contributed by atoms with Crippen molar-refractivity contribution in [3.8, 4) is 0 Å². The Morgan fingerprint density at radius 2 is 1.32 bits per heavy atom. The molecule has 0 radical (unpaired) electrons. The predicted octanol–water partition coefficient (Wildman–Crippen LogP) is 5.38. The maximum absolute atomic E-state index is 4.59. The van der Waals surface area contributed by atoms with Gasteiger partial charge in [-0.1, -0.05) is 51.9 Å². The molecule has 0 aliphatic rings. The quantitative estimate of drug-likeness (QED) is 0.184. The Bertz CT molecular complexity index is 214. The van der Waals surface area contributed by atoms with E-state index in [1.54, 1.807) is 13.0 Å². The molecule has 0 saturated carbocycles. The molecule has 0 atom stereocenters. The van der Waals surface area contributed by atoms with Crippen molar-refractivity contribution in [2.75, 3.05) is 0 Å². The normalized spacial score (nSPS) is 11.5. The highest BCUT2D eigenvalue weighted by atomic mass is 17.7. The lowest BCUT2D eigenvalue weighted by atomic mass is 10.1. The molecule has 0 aliphatic heterocycles. The number of hydrogen-bond donors (Lipinski definition) is 0. The van der Waals surface area contributed by atoms with Gasteiger partial charge in [-0.2, -0.15) is 0 Å². The summed E-state index contributed by atoms with van der Waals surface area (Å²) in [5.74, 6) is 0.